The number of nitrogens with zero attached hydrogens (tertiary/aromatic N) is 2. The minimum atomic E-state index is -0.0726. The highest BCUT2D eigenvalue weighted by molar-refractivity contribution is 5.71. The third-order valence-electron chi connectivity index (χ3n) is 5.95. The Balaban J connectivity index is 1.19. The van der Waals surface area contributed by atoms with E-state index in [2.05, 4.69) is 65.3 Å². The number of hydrogen-bond donors (Lipinski definition) is 0. The van der Waals surface area contributed by atoms with Crippen molar-refractivity contribution in [1.29, 1.82) is 0 Å². The molecule has 1 unspecified atom stereocenters. The zero-order valence-electron chi connectivity index (χ0n) is 16.8. The summed E-state index contributed by atoms with van der Waals surface area (Å²) in [4.78, 5) is 16.3. The standard InChI is InChI=1S/C24H30N2O2/c1-19-4-10-22(11-5-19)26-17-15-25(16-18-26)14-2-3-20-6-8-21(9-7-20)23-12-13-24(27)28-23/h4-11,23H,2-3,12-18H2,1H3. The zero-order valence-corrected chi connectivity index (χ0v) is 16.8. The number of rotatable bonds is 6. The SMILES string of the molecule is Cc1ccc(N2CCN(CCCc3ccc(C4CCC(=O)O4)cc3)CC2)cc1. The fraction of sp³-hybridized carbons (Fsp3) is 0.458. The van der Waals surface area contributed by atoms with Crippen molar-refractivity contribution >= 4 is 11.7 Å². The van der Waals surface area contributed by atoms with E-state index in [1.807, 2.05) is 0 Å². The van der Waals surface area contributed by atoms with E-state index >= 15 is 0 Å². The Labute approximate surface area is 168 Å². The molecule has 2 aromatic carbocycles. The van der Waals surface area contributed by atoms with Crippen LogP contribution in [0, 0.1) is 6.92 Å². The van der Waals surface area contributed by atoms with Crippen LogP contribution in [-0.2, 0) is 16.0 Å². The van der Waals surface area contributed by atoms with Gasteiger partial charge in [0, 0.05) is 38.3 Å². The molecule has 0 N–H and O–H groups in total. The van der Waals surface area contributed by atoms with Crippen molar-refractivity contribution in [2.75, 3.05) is 37.6 Å². The smallest absolute Gasteiger partial charge is 0.306 e. The highest BCUT2D eigenvalue weighted by Crippen LogP contribution is 2.29. The van der Waals surface area contributed by atoms with E-state index < -0.39 is 0 Å². The fourth-order valence-corrected chi connectivity index (χ4v) is 4.15. The van der Waals surface area contributed by atoms with Crippen LogP contribution < -0.4 is 4.90 Å². The van der Waals surface area contributed by atoms with Crippen molar-refractivity contribution in [2.45, 2.75) is 38.7 Å². The van der Waals surface area contributed by atoms with Crippen molar-refractivity contribution in [1.82, 2.24) is 4.90 Å². The maximum Gasteiger partial charge on any atom is 0.306 e. The summed E-state index contributed by atoms with van der Waals surface area (Å²) < 4.78 is 5.34. The van der Waals surface area contributed by atoms with Gasteiger partial charge in [0.05, 0.1) is 0 Å². The second-order valence-corrected chi connectivity index (χ2v) is 8.03. The summed E-state index contributed by atoms with van der Waals surface area (Å²) in [5.41, 5.74) is 5.16. The minimum absolute atomic E-state index is 0.0358. The summed E-state index contributed by atoms with van der Waals surface area (Å²) in [5.74, 6) is -0.0726. The first-order valence-electron chi connectivity index (χ1n) is 10.5. The molecular weight excluding hydrogens is 348 g/mol. The number of carbonyl (C=O) groups excluding carboxylic acids is 1. The van der Waals surface area contributed by atoms with Gasteiger partial charge in [-0.25, -0.2) is 0 Å². The van der Waals surface area contributed by atoms with Crippen molar-refractivity contribution < 1.29 is 9.53 Å². The van der Waals surface area contributed by atoms with Gasteiger partial charge in [0.1, 0.15) is 6.10 Å². The second-order valence-electron chi connectivity index (χ2n) is 8.03. The number of anilines is 1. The Morgan fingerprint density at radius 2 is 1.68 bits per heavy atom. The van der Waals surface area contributed by atoms with Gasteiger partial charge in [-0.3, -0.25) is 9.69 Å². The van der Waals surface area contributed by atoms with Crippen LogP contribution in [0.15, 0.2) is 48.5 Å². The van der Waals surface area contributed by atoms with Crippen molar-refractivity contribution in [3.05, 3.63) is 65.2 Å². The number of esters is 1. The van der Waals surface area contributed by atoms with E-state index in [-0.39, 0.29) is 12.1 Å². The molecule has 2 fully saturated rings. The molecule has 0 radical (unpaired) electrons. The Hall–Kier alpha value is -2.33. The van der Waals surface area contributed by atoms with Crippen LogP contribution in [0.3, 0.4) is 0 Å². The molecule has 148 valence electrons. The highest BCUT2D eigenvalue weighted by atomic mass is 16.5. The van der Waals surface area contributed by atoms with Crippen molar-refractivity contribution in [3.8, 4) is 0 Å². The summed E-state index contributed by atoms with van der Waals surface area (Å²) >= 11 is 0. The third kappa shape index (κ3) is 4.74. The molecule has 0 aliphatic carbocycles. The molecule has 0 saturated carbocycles. The first-order chi connectivity index (χ1) is 13.7. The molecule has 4 heteroatoms. The Bertz CT molecular complexity index is 777. The maximum absolute atomic E-state index is 11.3. The average Bonchev–Trinajstić information content (AvgIpc) is 3.16. The van der Waals surface area contributed by atoms with E-state index in [1.165, 1.54) is 23.2 Å². The summed E-state index contributed by atoms with van der Waals surface area (Å²) in [6.45, 7) is 7.79. The van der Waals surface area contributed by atoms with Gasteiger partial charge in [0.2, 0.25) is 0 Å². The number of carbonyl (C=O) groups is 1. The summed E-state index contributed by atoms with van der Waals surface area (Å²) in [7, 11) is 0. The lowest BCUT2D eigenvalue weighted by molar-refractivity contribution is -0.141. The second kappa shape index (κ2) is 8.78. The highest BCUT2D eigenvalue weighted by Gasteiger charge is 2.24. The van der Waals surface area contributed by atoms with Crippen LogP contribution in [0.5, 0.6) is 0 Å². The molecule has 2 aromatic rings. The molecule has 2 saturated heterocycles. The van der Waals surface area contributed by atoms with E-state index in [9.17, 15) is 4.79 Å². The molecule has 4 rings (SSSR count). The number of ether oxygens (including phenoxy) is 1. The number of cyclic esters (lactones) is 1. The Morgan fingerprint density at radius 1 is 0.964 bits per heavy atom. The maximum atomic E-state index is 11.3. The normalized spacial score (nSPS) is 20.4. The summed E-state index contributed by atoms with van der Waals surface area (Å²) in [6.07, 6.45) is 3.60. The van der Waals surface area contributed by atoms with Crippen LogP contribution in [-0.4, -0.2) is 43.6 Å². The molecule has 0 aromatic heterocycles. The largest absolute Gasteiger partial charge is 0.457 e. The molecule has 1 atom stereocenters. The molecule has 4 nitrogen and oxygen atoms in total. The Kier molecular flexibility index (Phi) is 5.96. The Morgan fingerprint density at radius 3 is 2.32 bits per heavy atom. The van der Waals surface area contributed by atoms with Gasteiger partial charge in [-0.1, -0.05) is 42.0 Å². The number of hydrogen-bond acceptors (Lipinski definition) is 4. The molecular formula is C24H30N2O2. The predicted octanol–water partition coefficient (Wildman–Crippen LogP) is 4.13. The third-order valence-corrected chi connectivity index (χ3v) is 5.95. The number of piperazine rings is 1. The lowest BCUT2D eigenvalue weighted by atomic mass is 10.0. The van der Waals surface area contributed by atoms with Gasteiger partial charge in [-0.2, -0.15) is 0 Å². The van der Waals surface area contributed by atoms with Crippen LogP contribution in [0.1, 0.15) is 42.1 Å². The van der Waals surface area contributed by atoms with Crippen LogP contribution >= 0.6 is 0 Å². The van der Waals surface area contributed by atoms with Crippen LogP contribution in [0.25, 0.3) is 0 Å². The molecule has 0 spiro atoms. The van der Waals surface area contributed by atoms with Gasteiger partial charge in [-0.15, -0.1) is 0 Å². The van der Waals surface area contributed by atoms with Crippen LogP contribution in [0.4, 0.5) is 5.69 Å². The molecule has 2 aliphatic rings. The lowest BCUT2D eigenvalue weighted by Crippen LogP contribution is -2.46. The molecule has 0 amide bonds. The topological polar surface area (TPSA) is 32.8 Å². The molecule has 28 heavy (non-hydrogen) atoms. The number of benzene rings is 2. The van der Waals surface area contributed by atoms with Gasteiger partial charge in [0.15, 0.2) is 0 Å². The molecule has 0 bridgehead atoms. The van der Waals surface area contributed by atoms with Gasteiger partial charge in [0.25, 0.3) is 0 Å². The monoisotopic (exact) mass is 378 g/mol. The fourth-order valence-electron chi connectivity index (χ4n) is 4.15. The first kappa shape index (κ1) is 19.0. The summed E-state index contributed by atoms with van der Waals surface area (Å²) in [6, 6.07) is 17.5. The van der Waals surface area contributed by atoms with Gasteiger partial charge >= 0.3 is 5.97 Å². The first-order valence-corrected chi connectivity index (χ1v) is 10.5. The zero-order chi connectivity index (χ0) is 19.3. The van der Waals surface area contributed by atoms with Crippen molar-refractivity contribution in [2.24, 2.45) is 0 Å². The predicted molar refractivity (Wildman–Crippen MR) is 113 cm³/mol. The van der Waals surface area contributed by atoms with Crippen molar-refractivity contribution in [3.63, 3.8) is 0 Å². The average molecular weight is 379 g/mol. The quantitative estimate of drug-likeness (QED) is 0.708. The van der Waals surface area contributed by atoms with Gasteiger partial charge in [-0.05, 0) is 56.0 Å². The van der Waals surface area contributed by atoms with Crippen LogP contribution in [0.2, 0.25) is 0 Å². The molecule has 2 aliphatic heterocycles. The van der Waals surface area contributed by atoms with E-state index in [1.54, 1.807) is 0 Å². The van der Waals surface area contributed by atoms with E-state index in [4.69, 9.17) is 4.74 Å². The minimum Gasteiger partial charge on any atom is -0.457 e. The molecule has 2 heterocycles. The number of aryl methyl sites for hydroxylation is 2. The summed E-state index contributed by atoms with van der Waals surface area (Å²) in [5, 5.41) is 0. The van der Waals surface area contributed by atoms with Gasteiger partial charge < -0.3 is 9.64 Å². The lowest BCUT2D eigenvalue weighted by Gasteiger charge is -2.36. The van der Waals surface area contributed by atoms with E-state index in [0.29, 0.717) is 6.42 Å². The van der Waals surface area contributed by atoms with E-state index in [0.717, 1.165) is 51.1 Å².